The van der Waals surface area contributed by atoms with E-state index in [2.05, 4.69) is 0 Å². The highest BCUT2D eigenvalue weighted by atomic mass is 19.1. The van der Waals surface area contributed by atoms with Crippen LogP contribution in [0.25, 0.3) is 0 Å². The molecule has 0 spiro atoms. The van der Waals surface area contributed by atoms with Gasteiger partial charge >= 0.3 is 0 Å². The molecule has 16 heavy (non-hydrogen) atoms. The highest BCUT2D eigenvalue weighted by Gasteiger charge is 2.45. The van der Waals surface area contributed by atoms with Gasteiger partial charge in [0.25, 0.3) is 0 Å². The van der Waals surface area contributed by atoms with Gasteiger partial charge in [-0.1, -0.05) is 6.07 Å². The van der Waals surface area contributed by atoms with Gasteiger partial charge in [-0.15, -0.1) is 0 Å². The van der Waals surface area contributed by atoms with E-state index in [1.807, 2.05) is 6.92 Å². The van der Waals surface area contributed by atoms with Gasteiger partial charge in [-0.25, -0.2) is 4.39 Å². The first-order valence-electron chi connectivity index (χ1n) is 5.45. The van der Waals surface area contributed by atoms with Crippen molar-refractivity contribution in [3.63, 3.8) is 0 Å². The molecule has 0 bridgehead atoms. The molecule has 0 heterocycles. The largest absolute Gasteiger partial charge is 0.370 e. The van der Waals surface area contributed by atoms with Crippen LogP contribution in [0.2, 0.25) is 0 Å². The van der Waals surface area contributed by atoms with E-state index >= 15 is 0 Å². The van der Waals surface area contributed by atoms with Gasteiger partial charge in [-0.3, -0.25) is 4.79 Å². The van der Waals surface area contributed by atoms with Crippen molar-refractivity contribution in [1.82, 2.24) is 0 Å². The van der Waals surface area contributed by atoms with Crippen LogP contribution in [-0.2, 0) is 4.74 Å². The van der Waals surface area contributed by atoms with Crippen molar-refractivity contribution in [3.05, 3.63) is 35.1 Å². The first kappa shape index (κ1) is 11.3. The number of benzene rings is 1. The predicted octanol–water partition coefficient (Wildman–Crippen LogP) is 2.89. The fourth-order valence-electron chi connectivity index (χ4n) is 2.11. The molecule has 2 rings (SSSR count). The Bertz CT molecular complexity index is 416. The van der Waals surface area contributed by atoms with Crippen LogP contribution in [-0.4, -0.2) is 18.5 Å². The molecule has 3 heteroatoms. The molecule has 1 aliphatic carbocycles. The Morgan fingerprint density at radius 3 is 2.62 bits per heavy atom. The van der Waals surface area contributed by atoms with Crippen LogP contribution < -0.4 is 0 Å². The molecule has 0 unspecified atom stereocenters. The molecular formula is C13H15FO2. The van der Waals surface area contributed by atoms with Crippen molar-refractivity contribution in [3.8, 4) is 0 Å². The molecule has 0 amide bonds. The zero-order chi connectivity index (χ0) is 11.8. The van der Waals surface area contributed by atoms with Gasteiger partial charge in [0.1, 0.15) is 11.4 Å². The van der Waals surface area contributed by atoms with Gasteiger partial charge < -0.3 is 4.74 Å². The summed E-state index contributed by atoms with van der Waals surface area (Å²) in [4.78, 5) is 12.3. The molecule has 2 nitrogen and oxygen atoms in total. The lowest BCUT2D eigenvalue weighted by atomic mass is 9.74. The highest BCUT2D eigenvalue weighted by molar-refractivity contribution is 6.04. The van der Waals surface area contributed by atoms with Crippen molar-refractivity contribution < 1.29 is 13.9 Å². The summed E-state index contributed by atoms with van der Waals surface area (Å²) in [7, 11) is 1.55. The monoisotopic (exact) mass is 222 g/mol. The average molecular weight is 222 g/mol. The third kappa shape index (κ3) is 1.65. The minimum atomic E-state index is -0.696. The fourth-order valence-corrected chi connectivity index (χ4v) is 2.11. The number of aryl methyl sites for hydroxylation is 1. The molecule has 1 aliphatic rings. The van der Waals surface area contributed by atoms with Crippen LogP contribution in [0.3, 0.4) is 0 Å². The summed E-state index contributed by atoms with van der Waals surface area (Å²) in [6.45, 7) is 1.81. The molecule has 0 radical (unpaired) electrons. The van der Waals surface area contributed by atoms with Crippen molar-refractivity contribution in [1.29, 1.82) is 0 Å². The van der Waals surface area contributed by atoms with Crippen molar-refractivity contribution in [2.75, 3.05) is 7.11 Å². The SMILES string of the molecule is COC1(C(=O)c2cc(F)ccc2C)CCC1. The minimum absolute atomic E-state index is 0.0850. The van der Waals surface area contributed by atoms with Gasteiger partial charge in [0.05, 0.1) is 0 Å². The third-order valence-corrected chi connectivity index (χ3v) is 3.41. The zero-order valence-electron chi connectivity index (χ0n) is 9.55. The number of halogens is 1. The molecule has 0 aliphatic heterocycles. The topological polar surface area (TPSA) is 26.3 Å². The van der Waals surface area contributed by atoms with E-state index in [0.29, 0.717) is 5.56 Å². The molecule has 1 aromatic carbocycles. The minimum Gasteiger partial charge on any atom is -0.370 e. The lowest BCUT2D eigenvalue weighted by molar-refractivity contribution is -0.0448. The summed E-state index contributed by atoms with van der Waals surface area (Å²) in [6.07, 6.45) is 2.46. The Morgan fingerprint density at radius 1 is 1.44 bits per heavy atom. The summed E-state index contributed by atoms with van der Waals surface area (Å²) in [5.41, 5.74) is 0.551. The summed E-state index contributed by atoms with van der Waals surface area (Å²) < 4.78 is 18.4. The number of rotatable bonds is 3. The number of hydrogen-bond donors (Lipinski definition) is 0. The van der Waals surface area contributed by atoms with E-state index < -0.39 is 5.60 Å². The smallest absolute Gasteiger partial charge is 0.194 e. The number of carbonyl (C=O) groups excluding carboxylic acids is 1. The van der Waals surface area contributed by atoms with Crippen LogP contribution >= 0.6 is 0 Å². The highest BCUT2D eigenvalue weighted by Crippen LogP contribution is 2.38. The van der Waals surface area contributed by atoms with Crippen LogP contribution in [0.5, 0.6) is 0 Å². The number of Topliss-reactive ketones (excluding diaryl/α,β-unsaturated/α-hetero) is 1. The molecular weight excluding hydrogens is 207 g/mol. The third-order valence-electron chi connectivity index (χ3n) is 3.41. The Morgan fingerprint density at radius 2 is 2.12 bits per heavy atom. The van der Waals surface area contributed by atoms with Crippen molar-refractivity contribution in [2.24, 2.45) is 0 Å². The van der Waals surface area contributed by atoms with E-state index in [1.54, 1.807) is 13.2 Å². The summed E-state index contributed by atoms with van der Waals surface area (Å²) in [5.74, 6) is -0.460. The van der Waals surface area contributed by atoms with Crippen LogP contribution in [0.15, 0.2) is 18.2 Å². The average Bonchev–Trinajstić information content (AvgIpc) is 2.21. The van der Waals surface area contributed by atoms with Gasteiger partial charge in [0, 0.05) is 12.7 Å². The second-order valence-electron chi connectivity index (χ2n) is 4.34. The van der Waals surface area contributed by atoms with Gasteiger partial charge in [0.2, 0.25) is 0 Å². The molecule has 1 saturated carbocycles. The van der Waals surface area contributed by atoms with Crippen LogP contribution in [0.1, 0.15) is 35.2 Å². The quantitative estimate of drug-likeness (QED) is 0.735. The van der Waals surface area contributed by atoms with E-state index in [-0.39, 0.29) is 11.6 Å². The summed E-state index contributed by atoms with van der Waals surface area (Å²) in [6, 6.07) is 4.30. The number of carbonyl (C=O) groups is 1. The summed E-state index contributed by atoms with van der Waals surface area (Å²) >= 11 is 0. The predicted molar refractivity (Wildman–Crippen MR) is 59.1 cm³/mol. The standard InChI is InChI=1S/C13H15FO2/c1-9-4-5-10(14)8-11(9)12(15)13(16-2)6-3-7-13/h4-5,8H,3,6-7H2,1-2H3. The maximum atomic E-state index is 13.1. The maximum Gasteiger partial charge on any atom is 0.194 e. The summed E-state index contributed by atoms with van der Waals surface area (Å²) in [5, 5.41) is 0. The molecule has 0 saturated heterocycles. The van der Waals surface area contributed by atoms with E-state index in [0.717, 1.165) is 24.8 Å². The first-order valence-corrected chi connectivity index (χ1v) is 5.45. The lowest BCUT2D eigenvalue weighted by Crippen LogP contribution is -2.47. The van der Waals surface area contributed by atoms with Crippen LogP contribution in [0, 0.1) is 12.7 Å². The molecule has 0 atom stereocenters. The number of hydrogen-bond acceptors (Lipinski definition) is 2. The van der Waals surface area contributed by atoms with Gasteiger partial charge in [-0.2, -0.15) is 0 Å². The number of methoxy groups -OCH3 is 1. The Labute approximate surface area is 94.4 Å². The fraction of sp³-hybridized carbons (Fsp3) is 0.462. The lowest BCUT2D eigenvalue weighted by Gasteiger charge is -2.39. The van der Waals surface area contributed by atoms with Gasteiger partial charge in [-0.05, 0) is 43.9 Å². The first-order chi connectivity index (χ1) is 7.59. The molecule has 86 valence electrons. The molecule has 1 fully saturated rings. The van der Waals surface area contributed by atoms with Crippen molar-refractivity contribution in [2.45, 2.75) is 31.8 Å². The molecule has 0 N–H and O–H groups in total. The normalized spacial score (nSPS) is 17.9. The van der Waals surface area contributed by atoms with E-state index in [9.17, 15) is 9.18 Å². The van der Waals surface area contributed by atoms with Gasteiger partial charge in [0.15, 0.2) is 5.78 Å². The van der Waals surface area contributed by atoms with Crippen LogP contribution in [0.4, 0.5) is 4.39 Å². The van der Waals surface area contributed by atoms with E-state index in [4.69, 9.17) is 4.74 Å². The second kappa shape index (κ2) is 3.98. The Hall–Kier alpha value is -1.22. The molecule has 1 aromatic rings. The number of ketones is 1. The zero-order valence-corrected chi connectivity index (χ0v) is 9.55. The number of ether oxygens (including phenoxy) is 1. The van der Waals surface area contributed by atoms with E-state index in [1.165, 1.54) is 12.1 Å². The Balaban J connectivity index is 2.37. The maximum absolute atomic E-state index is 13.1. The Kier molecular flexibility index (Phi) is 2.80. The second-order valence-corrected chi connectivity index (χ2v) is 4.34. The molecule has 0 aromatic heterocycles. The van der Waals surface area contributed by atoms with Crippen molar-refractivity contribution >= 4 is 5.78 Å².